The van der Waals surface area contributed by atoms with Gasteiger partial charge in [-0.05, 0) is 24.1 Å². The van der Waals surface area contributed by atoms with Crippen LogP contribution in [-0.4, -0.2) is 5.91 Å². The van der Waals surface area contributed by atoms with Gasteiger partial charge in [0.05, 0.1) is 11.6 Å². The van der Waals surface area contributed by atoms with Gasteiger partial charge >= 0.3 is 0 Å². The van der Waals surface area contributed by atoms with Crippen molar-refractivity contribution in [2.45, 2.75) is 13.5 Å². The van der Waals surface area contributed by atoms with Gasteiger partial charge in [0.1, 0.15) is 0 Å². The highest BCUT2D eigenvalue weighted by atomic mass is 16.1. The second kappa shape index (κ2) is 2.60. The Balaban J connectivity index is 2.71. The average Bonchev–Trinajstić information content (AvgIpc) is 2.49. The van der Waals surface area contributed by atoms with E-state index in [-0.39, 0.29) is 5.91 Å². The number of amides is 1. The fraction of sp³-hybridized carbons (Fsp3) is 0.200. The number of nitriles is 1. The Morgan fingerprint density at radius 2 is 2.31 bits per heavy atom. The third kappa shape index (κ3) is 0.994. The van der Waals surface area contributed by atoms with E-state index in [1.54, 1.807) is 6.07 Å². The van der Waals surface area contributed by atoms with Crippen molar-refractivity contribution >= 4 is 5.91 Å². The quantitative estimate of drug-likeness (QED) is 0.637. The number of nitrogens with zero attached hydrogens (tertiary/aromatic N) is 1. The number of rotatable bonds is 0. The highest BCUT2D eigenvalue weighted by Gasteiger charge is 2.21. The zero-order chi connectivity index (χ0) is 9.42. The standard InChI is InChI=1S/C10H8N2O/c1-6-7(4-11)2-3-8-5-12-10(13)9(6)8/h2-3H,5H2,1H3,(H,12,13). The molecule has 0 bridgehead atoms. The van der Waals surface area contributed by atoms with Crippen molar-refractivity contribution in [3.05, 3.63) is 34.4 Å². The lowest BCUT2D eigenvalue weighted by atomic mass is 9.99. The smallest absolute Gasteiger partial charge is 0.252 e. The lowest BCUT2D eigenvalue weighted by Crippen LogP contribution is -2.13. The van der Waals surface area contributed by atoms with Crippen molar-refractivity contribution in [2.24, 2.45) is 0 Å². The molecule has 0 spiro atoms. The number of fused-ring (bicyclic) bond motifs is 1. The molecule has 1 heterocycles. The Bertz CT molecular complexity index is 429. The van der Waals surface area contributed by atoms with Crippen molar-refractivity contribution in [2.75, 3.05) is 0 Å². The number of carbonyl (C=O) groups is 1. The van der Waals surface area contributed by atoms with Crippen LogP contribution in [0.4, 0.5) is 0 Å². The van der Waals surface area contributed by atoms with Gasteiger partial charge in [0.2, 0.25) is 0 Å². The van der Waals surface area contributed by atoms with Gasteiger partial charge in [0.15, 0.2) is 0 Å². The van der Waals surface area contributed by atoms with Crippen LogP contribution in [0.25, 0.3) is 0 Å². The molecule has 1 aliphatic heterocycles. The molecule has 0 saturated carbocycles. The highest BCUT2D eigenvalue weighted by molar-refractivity contribution is 6.00. The number of benzene rings is 1. The van der Waals surface area contributed by atoms with Gasteiger partial charge in [-0.2, -0.15) is 5.26 Å². The molecular formula is C10H8N2O. The third-order valence-electron chi connectivity index (χ3n) is 2.34. The molecule has 13 heavy (non-hydrogen) atoms. The summed E-state index contributed by atoms with van der Waals surface area (Å²) in [5, 5.41) is 11.5. The average molecular weight is 172 g/mol. The summed E-state index contributed by atoms with van der Waals surface area (Å²) >= 11 is 0. The zero-order valence-electron chi connectivity index (χ0n) is 7.22. The molecule has 64 valence electrons. The first-order valence-corrected chi connectivity index (χ1v) is 4.05. The van der Waals surface area contributed by atoms with Crippen LogP contribution in [0.3, 0.4) is 0 Å². The lowest BCUT2D eigenvalue weighted by molar-refractivity contribution is 0.0965. The number of hydrogen-bond donors (Lipinski definition) is 1. The predicted molar refractivity (Wildman–Crippen MR) is 47.1 cm³/mol. The van der Waals surface area contributed by atoms with Gasteiger partial charge in [-0.15, -0.1) is 0 Å². The fourth-order valence-corrected chi connectivity index (χ4v) is 1.62. The molecule has 1 aromatic rings. The van der Waals surface area contributed by atoms with Gasteiger partial charge in [-0.25, -0.2) is 0 Å². The maximum atomic E-state index is 11.3. The molecule has 3 nitrogen and oxygen atoms in total. The van der Waals surface area contributed by atoms with Crippen LogP contribution in [0.15, 0.2) is 12.1 Å². The van der Waals surface area contributed by atoms with Crippen molar-refractivity contribution < 1.29 is 4.79 Å². The van der Waals surface area contributed by atoms with Crippen LogP contribution in [0.2, 0.25) is 0 Å². The Kier molecular flexibility index (Phi) is 1.56. The molecular weight excluding hydrogens is 164 g/mol. The minimum atomic E-state index is -0.0652. The van der Waals surface area contributed by atoms with Crippen molar-refractivity contribution in [1.82, 2.24) is 5.32 Å². The molecule has 0 unspecified atom stereocenters. The molecule has 0 fully saturated rings. The number of nitrogens with one attached hydrogen (secondary N) is 1. The molecule has 1 N–H and O–H groups in total. The van der Waals surface area contributed by atoms with E-state index in [4.69, 9.17) is 5.26 Å². The van der Waals surface area contributed by atoms with Crippen LogP contribution in [0.5, 0.6) is 0 Å². The Morgan fingerprint density at radius 3 is 3.00 bits per heavy atom. The molecule has 0 atom stereocenters. The molecule has 0 aliphatic carbocycles. The maximum Gasteiger partial charge on any atom is 0.252 e. The van der Waals surface area contributed by atoms with Gasteiger partial charge in [0, 0.05) is 12.1 Å². The first kappa shape index (κ1) is 7.81. The molecule has 3 heteroatoms. The monoisotopic (exact) mass is 172 g/mol. The molecule has 1 amide bonds. The van der Waals surface area contributed by atoms with Gasteiger partial charge in [-0.3, -0.25) is 4.79 Å². The Labute approximate surface area is 76.0 Å². The first-order chi connectivity index (χ1) is 6.24. The van der Waals surface area contributed by atoms with E-state index < -0.39 is 0 Å². The summed E-state index contributed by atoms with van der Waals surface area (Å²) in [7, 11) is 0. The van der Waals surface area contributed by atoms with Crippen LogP contribution in [0, 0.1) is 18.3 Å². The Morgan fingerprint density at radius 1 is 1.54 bits per heavy atom. The van der Waals surface area contributed by atoms with Crippen LogP contribution < -0.4 is 5.32 Å². The van der Waals surface area contributed by atoms with E-state index in [0.717, 1.165) is 11.1 Å². The van der Waals surface area contributed by atoms with Gasteiger partial charge in [-0.1, -0.05) is 6.07 Å². The number of carbonyl (C=O) groups excluding carboxylic acids is 1. The van der Waals surface area contributed by atoms with Crippen molar-refractivity contribution in [3.63, 3.8) is 0 Å². The Hall–Kier alpha value is -1.82. The summed E-state index contributed by atoms with van der Waals surface area (Å²) in [6.45, 7) is 2.39. The van der Waals surface area contributed by atoms with Crippen LogP contribution in [-0.2, 0) is 6.54 Å². The minimum Gasteiger partial charge on any atom is -0.348 e. The SMILES string of the molecule is Cc1c(C#N)ccc2c1C(=O)NC2. The topological polar surface area (TPSA) is 52.9 Å². The van der Waals surface area contributed by atoms with Crippen LogP contribution >= 0.6 is 0 Å². The van der Waals surface area contributed by atoms with E-state index in [9.17, 15) is 4.79 Å². The second-order valence-electron chi connectivity index (χ2n) is 3.07. The first-order valence-electron chi connectivity index (χ1n) is 4.05. The second-order valence-corrected chi connectivity index (χ2v) is 3.07. The zero-order valence-corrected chi connectivity index (χ0v) is 7.22. The largest absolute Gasteiger partial charge is 0.348 e. The summed E-state index contributed by atoms with van der Waals surface area (Å²) < 4.78 is 0. The number of hydrogen-bond acceptors (Lipinski definition) is 2. The fourth-order valence-electron chi connectivity index (χ4n) is 1.62. The van der Waals surface area contributed by atoms with Gasteiger partial charge in [0.25, 0.3) is 5.91 Å². The molecule has 0 aromatic heterocycles. The molecule has 1 aliphatic rings. The molecule has 0 radical (unpaired) electrons. The van der Waals surface area contributed by atoms with E-state index in [0.29, 0.717) is 17.7 Å². The minimum absolute atomic E-state index is 0.0652. The normalized spacial score (nSPS) is 13.4. The lowest BCUT2D eigenvalue weighted by Gasteiger charge is -2.01. The molecule has 0 saturated heterocycles. The molecule has 1 aromatic carbocycles. The van der Waals surface area contributed by atoms with Crippen LogP contribution in [0.1, 0.15) is 27.0 Å². The summed E-state index contributed by atoms with van der Waals surface area (Å²) in [5.74, 6) is -0.0652. The third-order valence-corrected chi connectivity index (χ3v) is 2.34. The summed E-state index contributed by atoms with van der Waals surface area (Å²) in [4.78, 5) is 11.3. The van der Waals surface area contributed by atoms with E-state index >= 15 is 0 Å². The van der Waals surface area contributed by atoms with E-state index in [1.807, 2.05) is 13.0 Å². The summed E-state index contributed by atoms with van der Waals surface area (Å²) in [6.07, 6.45) is 0. The summed E-state index contributed by atoms with van der Waals surface area (Å²) in [5.41, 5.74) is 3.03. The van der Waals surface area contributed by atoms with Gasteiger partial charge < -0.3 is 5.32 Å². The predicted octanol–water partition coefficient (Wildman–Crippen LogP) is 1.11. The van der Waals surface area contributed by atoms with Crippen molar-refractivity contribution in [3.8, 4) is 6.07 Å². The summed E-state index contributed by atoms with van der Waals surface area (Å²) in [6, 6.07) is 5.66. The molecule has 2 rings (SSSR count). The highest BCUT2D eigenvalue weighted by Crippen LogP contribution is 2.21. The van der Waals surface area contributed by atoms with E-state index in [1.165, 1.54) is 0 Å². The maximum absolute atomic E-state index is 11.3. The van der Waals surface area contributed by atoms with Crippen molar-refractivity contribution in [1.29, 1.82) is 5.26 Å². The van der Waals surface area contributed by atoms with E-state index in [2.05, 4.69) is 11.4 Å².